The monoisotopic (exact) mass is 1020 g/mol. The van der Waals surface area contributed by atoms with Gasteiger partial charge in [0.25, 0.3) is 0 Å². The highest BCUT2D eigenvalue weighted by molar-refractivity contribution is 5.69. The Morgan fingerprint density at radius 1 is 0.434 bits per heavy atom. The highest BCUT2D eigenvalue weighted by Gasteiger charge is 2.26. The Morgan fingerprint density at radius 3 is 1.09 bits per heavy atom. The molecule has 0 bridgehead atoms. The molecule has 0 aliphatic carbocycles. The van der Waals surface area contributed by atoms with Gasteiger partial charge in [-0.2, -0.15) is 0 Å². The fourth-order valence-electron chi connectivity index (χ4n) is 9.01. The number of ether oxygens (including phenoxy) is 2. The summed E-state index contributed by atoms with van der Waals surface area (Å²) in [5.41, 5.74) is 6.95. The van der Waals surface area contributed by atoms with Gasteiger partial charge in [0, 0.05) is 6.54 Å². The van der Waals surface area contributed by atoms with Gasteiger partial charge in [-0.25, -0.2) is 9.59 Å². The summed E-state index contributed by atoms with van der Waals surface area (Å²) in [7, 11) is 0. The maximum atomic E-state index is 12.8. The molecule has 0 saturated heterocycles. The van der Waals surface area contributed by atoms with Crippen molar-refractivity contribution in [1.82, 2.24) is 10.2 Å². The number of hydrogen-bond acceptors (Lipinski definition) is 4. The van der Waals surface area contributed by atoms with E-state index in [1.807, 2.05) is 102 Å². The van der Waals surface area contributed by atoms with Gasteiger partial charge in [0.05, 0.1) is 12.1 Å². The number of benzene rings is 6. The summed E-state index contributed by atoms with van der Waals surface area (Å²) in [4.78, 5) is 26.9. The number of carbonyl (C=O) groups excluding carboxylic acids is 2. The third-order valence-corrected chi connectivity index (χ3v) is 12.8. The molecule has 0 aromatic heterocycles. The molecule has 0 aliphatic rings. The normalized spacial score (nSPS) is 13.9. The molecule has 0 radical (unpaired) electrons. The number of rotatable bonds is 22. The Labute approximate surface area is 460 Å². The quantitative estimate of drug-likeness (QED) is 0.0688. The molecule has 0 spiro atoms. The number of carbonyl (C=O) groups is 2. The van der Waals surface area contributed by atoms with Crippen LogP contribution in [0.1, 0.15) is 122 Å². The fourth-order valence-corrected chi connectivity index (χ4v) is 9.01. The minimum absolute atomic E-state index is 0.0459. The van der Waals surface area contributed by atoms with Crippen molar-refractivity contribution in [3.8, 4) is 0 Å². The molecule has 6 aromatic rings. The highest BCUT2D eigenvalue weighted by atomic mass is 16.6. The van der Waals surface area contributed by atoms with E-state index in [-0.39, 0.29) is 24.3 Å². The van der Waals surface area contributed by atoms with Crippen LogP contribution in [0.2, 0.25) is 0 Å². The van der Waals surface area contributed by atoms with Crippen LogP contribution < -0.4 is 5.32 Å². The average Bonchev–Trinajstić information content (AvgIpc) is 3.38. The minimum Gasteiger partial charge on any atom is -0.444 e. The van der Waals surface area contributed by atoms with Gasteiger partial charge in [0.2, 0.25) is 0 Å². The van der Waals surface area contributed by atoms with Gasteiger partial charge < -0.3 is 19.7 Å². The van der Waals surface area contributed by atoms with Crippen molar-refractivity contribution in [3.05, 3.63) is 240 Å². The SMILES string of the molecule is CCN(C(=O)OC(C)(C)C)[C@H](/C=C/[C@@H](C)Cc1ccccc1)Cc1ccccc1.C[C@H](/C=C/[C@H](Cc1ccccc1)NC(=O)OC(C)(C)C)Cc1ccccc1.C[C@H](CC[C@@H](C)Cc1ccccc1)Cc1ccccc1. The number of alkyl carbamates (subject to hydrolysis) is 1. The molecule has 2 amide bonds. The second-order valence-corrected chi connectivity index (χ2v) is 22.7. The van der Waals surface area contributed by atoms with Crippen LogP contribution >= 0.6 is 0 Å². The smallest absolute Gasteiger partial charge is 0.410 e. The summed E-state index contributed by atoms with van der Waals surface area (Å²) >= 11 is 0. The van der Waals surface area contributed by atoms with Gasteiger partial charge in [-0.1, -0.05) is 247 Å². The molecular weight excluding hydrogens is 933 g/mol. The lowest BCUT2D eigenvalue weighted by molar-refractivity contribution is 0.0210. The zero-order chi connectivity index (χ0) is 55.2. The van der Waals surface area contributed by atoms with Crippen LogP contribution in [0.3, 0.4) is 0 Å². The Kier molecular flexibility index (Phi) is 27.2. The van der Waals surface area contributed by atoms with Crippen LogP contribution in [0.5, 0.6) is 0 Å². The van der Waals surface area contributed by atoms with Crippen LogP contribution in [0, 0.1) is 23.7 Å². The van der Waals surface area contributed by atoms with E-state index in [9.17, 15) is 9.59 Å². The summed E-state index contributed by atoms with van der Waals surface area (Å²) in [6.07, 6.45) is 16.5. The summed E-state index contributed by atoms with van der Waals surface area (Å²) in [5, 5.41) is 2.99. The van der Waals surface area contributed by atoms with Gasteiger partial charge in [0.1, 0.15) is 11.2 Å². The van der Waals surface area contributed by atoms with E-state index < -0.39 is 11.2 Å². The third kappa shape index (κ3) is 27.2. The van der Waals surface area contributed by atoms with Crippen molar-refractivity contribution in [2.75, 3.05) is 6.54 Å². The second kappa shape index (κ2) is 33.4. The van der Waals surface area contributed by atoms with Gasteiger partial charge in [-0.15, -0.1) is 0 Å². The number of nitrogens with one attached hydrogen (secondary N) is 1. The zero-order valence-electron chi connectivity index (χ0n) is 48.0. The largest absolute Gasteiger partial charge is 0.444 e. The standard InChI is InChI=1S/C26H35NO2.C24H31NO2.C20H26/c1-6-27(25(28)29-26(3,4)5)24(20-23-15-11-8-12-16-23)18-17-21(2)19-22-13-9-7-10-14-22;1-19(17-20-11-7-5-8-12-20)15-16-22(18-21-13-9-6-10-14-21)25-23(26)27-24(2,3)4;1-17(15-19-9-5-3-6-10-19)13-14-18(2)16-20-11-7-4-8-12-20/h7-18,21,24H,6,19-20H2,1-5H3;5-16,19,22H,17-18H2,1-4H3,(H,25,26);3-12,17-18H,13-16H2,1-2H3/b18-17+;16-15+;/t21-,24-;19-,22-;17-,18-/m111/s1. The molecule has 6 aromatic carbocycles. The molecular formula is C70H92N2O4. The van der Waals surface area contributed by atoms with E-state index in [0.717, 1.165) is 37.5 Å². The molecule has 0 saturated carbocycles. The lowest BCUT2D eigenvalue weighted by Gasteiger charge is -2.31. The fraction of sp³-hybridized carbons (Fsp3) is 0.400. The summed E-state index contributed by atoms with van der Waals surface area (Å²) in [6.45, 7) is 23.1. The first-order valence-electron chi connectivity index (χ1n) is 27.9. The summed E-state index contributed by atoms with van der Waals surface area (Å²) in [5.74, 6) is 2.31. The minimum atomic E-state index is -0.508. The molecule has 0 unspecified atom stereocenters. The van der Waals surface area contributed by atoms with Crippen LogP contribution in [0.25, 0.3) is 0 Å². The maximum absolute atomic E-state index is 12.8. The Bertz CT molecular complexity index is 2470. The number of allylic oxidation sites excluding steroid dienone is 2. The van der Waals surface area contributed by atoms with E-state index in [1.165, 1.54) is 59.1 Å². The Balaban J connectivity index is 0.000000250. The van der Waals surface area contributed by atoms with Crippen molar-refractivity contribution >= 4 is 12.2 Å². The van der Waals surface area contributed by atoms with Crippen molar-refractivity contribution in [2.45, 2.75) is 151 Å². The van der Waals surface area contributed by atoms with E-state index >= 15 is 0 Å². The lowest BCUT2D eigenvalue weighted by Crippen LogP contribution is -2.43. The van der Waals surface area contributed by atoms with Gasteiger partial charge in [-0.05, 0) is 144 Å². The molecule has 76 heavy (non-hydrogen) atoms. The van der Waals surface area contributed by atoms with E-state index in [4.69, 9.17) is 9.47 Å². The van der Waals surface area contributed by atoms with E-state index in [2.05, 4.69) is 191 Å². The van der Waals surface area contributed by atoms with Crippen molar-refractivity contribution < 1.29 is 19.1 Å². The molecule has 406 valence electrons. The number of likely N-dealkylation sites (N-methyl/N-ethyl adjacent to an activating group) is 1. The predicted molar refractivity (Wildman–Crippen MR) is 321 cm³/mol. The molecule has 0 aliphatic heterocycles. The predicted octanol–water partition coefficient (Wildman–Crippen LogP) is 17.4. The zero-order valence-corrected chi connectivity index (χ0v) is 48.0. The number of hydrogen-bond donors (Lipinski definition) is 1. The second-order valence-electron chi connectivity index (χ2n) is 22.7. The van der Waals surface area contributed by atoms with Crippen LogP contribution in [-0.4, -0.2) is 46.9 Å². The highest BCUT2D eigenvalue weighted by Crippen LogP contribution is 2.21. The molecule has 1 N–H and O–H groups in total. The molecule has 6 atom stereocenters. The number of nitrogens with zero attached hydrogens (tertiary/aromatic N) is 1. The van der Waals surface area contributed by atoms with Crippen molar-refractivity contribution in [3.63, 3.8) is 0 Å². The Morgan fingerprint density at radius 2 is 0.750 bits per heavy atom. The topological polar surface area (TPSA) is 67.9 Å². The maximum Gasteiger partial charge on any atom is 0.410 e. The van der Waals surface area contributed by atoms with Crippen molar-refractivity contribution in [1.29, 1.82) is 0 Å². The lowest BCUT2D eigenvalue weighted by atomic mass is 9.90. The molecule has 6 rings (SSSR count). The molecule has 0 fully saturated rings. The third-order valence-electron chi connectivity index (χ3n) is 12.8. The van der Waals surface area contributed by atoms with E-state index in [0.29, 0.717) is 18.4 Å². The van der Waals surface area contributed by atoms with Gasteiger partial charge in [0.15, 0.2) is 0 Å². The molecule has 0 heterocycles. The summed E-state index contributed by atoms with van der Waals surface area (Å²) < 4.78 is 11.1. The molecule has 6 heteroatoms. The van der Waals surface area contributed by atoms with E-state index in [1.54, 1.807) is 0 Å². The average molecular weight is 1030 g/mol. The van der Waals surface area contributed by atoms with Gasteiger partial charge >= 0.3 is 12.2 Å². The first-order valence-corrected chi connectivity index (χ1v) is 27.9. The van der Waals surface area contributed by atoms with Crippen molar-refractivity contribution in [2.24, 2.45) is 23.7 Å². The first kappa shape index (κ1) is 61.9. The number of amides is 2. The Hall–Kier alpha value is -6.66. The van der Waals surface area contributed by atoms with Crippen LogP contribution in [0.4, 0.5) is 9.59 Å². The van der Waals surface area contributed by atoms with Crippen LogP contribution in [-0.2, 0) is 48.0 Å². The van der Waals surface area contributed by atoms with Gasteiger partial charge in [-0.3, -0.25) is 0 Å². The first-order chi connectivity index (χ1) is 36.3. The molecule has 6 nitrogen and oxygen atoms in total. The van der Waals surface area contributed by atoms with Crippen LogP contribution in [0.15, 0.2) is 206 Å². The summed E-state index contributed by atoms with van der Waals surface area (Å²) in [6, 6.07) is 63.0.